The number of hydrogen-bond donors (Lipinski definition) is 0. The Kier molecular flexibility index (Phi) is 7.64. The fraction of sp³-hybridized carbons (Fsp3) is 0.556. The smallest absolute Gasteiger partial charge is 0.314 e. The fourth-order valence-electron chi connectivity index (χ4n) is 2.14. The van der Waals surface area contributed by atoms with Crippen LogP contribution in [-0.2, 0) is 9.59 Å². The molecule has 0 aliphatic heterocycles. The number of hydrogen-bond acceptors (Lipinski definition) is 4. The predicted molar refractivity (Wildman–Crippen MR) is 85.9 cm³/mol. The van der Waals surface area contributed by atoms with Crippen LogP contribution >= 0.6 is 0 Å². The van der Waals surface area contributed by atoms with Crippen LogP contribution in [-0.4, -0.2) is 11.9 Å². The van der Waals surface area contributed by atoms with E-state index in [0.29, 0.717) is 11.5 Å². The summed E-state index contributed by atoms with van der Waals surface area (Å²) in [6.07, 6.45) is 3.45. The van der Waals surface area contributed by atoms with Crippen LogP contribution in [0.25, 0.3) is 0 Å². The minimum atomic E-state index is -0.260. The number of benzene rings is 1. The van der Waals surface area contributed by atoms with Crippen LogP contribution in [0.2, 0.25) is 0 Å². The Hall–Kier alpha value is -1.84. The Bertz CT molecular complexity index is 454. The van der Waals surface area contributed by atoms with Gasteiger partial charge < -0.3 is 9.47 Å². The molecule has 0 amide bonds. The van der Waals surface area contributed by atoms with E-state index in [2.05, 4.69) is 0 Å². The second-order valence-electron chi connectivity index (χ2n) is 5.70. The van der Waals surface area contributed by atoms with Crippen molar-refractivity contribution in [1.29, 1.82) is 0 Å². The van der Waals surface area contributed by atoms with Gasteiger partial charge in [-0.15, -0.1) is 0 Å². The van der Waals surface area contributed by atoms with Crippen LogP contribution in [0.1, 0.15) is 53.4 Å². The zero-order valence-corrected chi connectivity index (χ0v) is 13.9. The van der Waals surface area contributed by atoms with Gasteiger partial charge in [0, 0.05) is 6.07 Å². The van der Waals surface area contributed by atoms with E-state index < -0.39 is 0 Å². The highest BCUT2D eigenvalue weighted by Gasteiger charge is 2.16. The first kappa shape index (κ1) is 18.2. The van der Waals surface area contributed by atoms with Gasteiger partial charge in [0.1, 0.15) is 11.5 Å². The predicted octanol–water partition coefficient (Wildman–Crippen LogP) is 4.37. The molecule has 0 heterocycles. The lowest BCUT2D eigenvalue weighted by Gasteiger charge is -2.12. The number of ether oxygens (including phenoxy) is 2. The number of esters is 2. The van der Waals surface area contributed by atoms with Crippen molar-refractivity contribution in [2.75, 3.05) is 0 Å². The third kappa shape index (κ3) is 5.88. The van der Waals surface area contributed by atoms with E-state index >= 15 is 0 Å². The second kappa shape index (κ2) is 9.23. The minimum absolute atomic E-state index is 0.138. The van der Waals surface area contributed by atoms with Gasteiger partial charge in [-0.2, -0.15) is 0 Å². The van der Waals surface area contributed by atoms with E-state index in [4.69, 9.17) is 9.47 Å². The standard InChI is InChI=1S/C18H26O4/c1-5-8-13(3)17(19)21-15-10-7-11-16(12-15)22-18(20)14(4)9-6-2/h7,10-14H,5-6,8-9H2,1-4H3. The Morgan fingerprint density at radius 3 is 1.68 bits per heavy atom. The van der Waals surface area contributed by atoms with E-state index in [9.17, 15) is 9.59 Å². The molecule has 0 radical (unpaired) electrons. The first-order valence-corrected chi connectivity index (χ1v) is 8.01. The Morgan fingerprint density at radius 2 is 1.32 bits per heavy atom. The molecule has 4 heteroatoms. The van der Waals surface area contributed by atoms with Crippen molar-refractivity contribution < 1.29 is 19.1 Å². The van der Waals surface area contributed by atoms with Crippen molar-refractivity contribution >= 4 is 11.9 Å². The van der Waals surface area contributed by atoms with E-state index in [1.165, 1.54) is 0 Å². The molecule has 2 unspecified atom stereocenters. The number of carbonyl (C=O) groups excluding carboxylic acids is 2. The molecule has 1 rings (SSSR count). The summed E-state index contributed by atoms with van der Waals surface area (Å²) in [6.45, 7) is 7.76. The van der Waals surface area contributed by atoms with Crippen LogP contribution < -0.4 is 9.47 Å². The van der Waals surface area contributed by atoms with E-state index in [0.717, 1.165) is 25.7 Å². The third-order valence-electron chi connectivity index (χ3n) is 3.49. The average Bonchev–Trinajstić information content (AvgIpc) is 2.48. The summed E-state index contributed by atoms with van der Waals surface area (Å²) in [4.78, 5) is 23.8. The molecular formula is C18H26O4. The molecule has 0 saturated heterocycles. The van der Waals surface area contributed by atoms with Crippen molar-refractivity contribution in [2.45, 2.75) is 53.4 Å². The van der Waals surface area contributed by atoms with Gasteiger partial charge in [0.15, 0.2) is 0 Å². The SMILES string of the molecule is CCCC(C)C(=O)Oc1cccc(OC(=O)C(C)CCC)c1. The Labute approximate surface area is 132 Å². The molecule has 4 nitrogen and oxygen atoms in total. The summed E-state index contributed by atoms with van der Waals surface area (Å²) in [5, 5.41) is 0. The molecule has 0 aliphatic carbocycles. The van der Waals surface area contributed by atoms with Gasteiger partial charge in [-0.05, 0) is 25.0 Å². The largest absolute Gasteiger partial charge is 0.426 e. The third-order valence-corrected chi connectivity index (χ3v) is 3.49. The van der Waals surface area contributed by atoms with Gasteiger partial charge in [0.05, 0.1) is 11.8 Å². The molecule has 0 spiro atoms. The lowest BCUT2D eigenvalue weighted by Crippen LogP contribution is -2.18. The molecule has 0 fully saturated rings. The normalized spacial score (nSPS) is 13.3. The van der Waals surface area contributed by atoms with Crippen molar-refractivity contribution in [2.24, 2.45) is 11.8 Å². The van der Waals surface area contributed by atoms with E-state index in [1.54, 1.807) is 24.3 Å². The molecule has 0 aliphatic rings. The molecule has 0 aromatic heterocycles. The maximum Gasteiger partial charge on any atom is 0.314 e. The Balaban J connectivity index is 2.66. The zero-order valence-electron chi connectivity index (χ0n) is 13.9. The summed E-state index contributed by atoms with van der Waals surface area (Å²) < 4.78 is 10.7. The van der Waals surface area contributed by atoms with Gasteiger partial charge in [-0.3, -0.25) is 9.59 Å². The van der Waals surface area contributed by atoms with E-state index in [1.807, 2.05) is 27.7 Å². The van der Waals surface area contributed by atoms with Crippen molar-refractivity contribution in [3.05, 3.63) is 24.3 Å². The summed E-state index contributed by atoms with van der Waals surface area (Å²) in [7, 11) is 0. The van der Waals surface area contributed by atoms with Crippen LogP contribution in [0.4, 0.5) is 0 Å². The van der Waals surface area contributed by atoms with Crippen LogP contribution in [0, 0.1) is 11.8 Å². The van der Waals surface area contributed by atoms with Gasteiger partial charge in [0.25, 0.3) is 0 Å². The lowest BCUT2D eigenvalue weighted by molar-refractivity contribution is -0.138. The van der Waals surface area contributed by atoms with Crippen molar-refractivity contribution in [3.8, 4) is 11.5 Å². The molecular weight excluding hydrogens is 280 g/mol. The molecule has 22 heavy (non-hydrogen) atoms. The summed E-state index contributed by atoms with van der Waals surface area (Å²) in [5.74, 6) is 0.0127. The topological polar surface area (TPSA) is 52.6 Å². The molecule has 0 saturated carbocycles. The quantitative estimate of drug-likeness (QED) is 0.528. The van der Waals surface area contributed by atoms with Crippen molar-refractivity contribution in [3.63, 3.8) is 0 Å². The Morgan fingerprint density at radius 1 is 0.909 bits per heavy atom. The molecule has 0 N–H and O–H groups in total. The molecule has 2 atom stereocenters. The fourth-order valence-corrected chi connectivity index (χ4v) is 2.14. The highest BCUT2D eigenvalue weighted by atomic mass is 16.5. The summed E-state index contributed by atoms with van der Waals surface area (Å²) in [5.41, 5.74) is 0. The lowest BCUT2D eigenvalue weighted by atomic mass is 10.1. The molecule has 0 bridgehead atoms. The minimum Gasteiger partial charge on any atom is -0.426 e. The molecule has 1 aromatic carbocycles. The highest BCUT2D eigenvalue weighted by molar-refractivity contribution is 5.76. The van der Waals surface area contributed by atoms with Crippen LogP contribution in [0.15, 0.2) is 24.3 Å². The average molecular weight is 306 g/mol. The second-order valence-corrected chi connectivity index (χ2v) is 5.70. The van der Waals surface area contributed by atoms with Gasteiger partial charge >= 0.3 is 11.9 Å². The first-order chi connectivity index (χ1) is 10.5. The van der Waals surface area contributed by atoms with E-state index in [-0.39, 0.29) is 23.8 Å². The van der Waals surface area contributed by atoms with Gasteiger partial charge in [-0.1, -0.05) is 46.6 Å². The zero-order chi connectivity index (χ0) is 16.5. The summed E-state index contributed by atoms with van der Waals surface area (Å²) in [6, 6.07) is 6.65. The molecule has 1 aromatic rings. The maximum absolute atomic E-state index is 11.9. The van der Waals surface area contributed by atoms with Crippen LogP contribution in [0.5, 0.6) is 11.5 Å². The van der Waals surface area contributed by atoms with Crippen molar-refractivity contribution in [1.82, 2.24) is 0 Å². The molecule has 122 valence electrons. The van der Waals surface area contributed by atoms with Gasteiger partial charge in [0.2, 0.25) is 0 Å². The monoisotopic (exact) mass is 306 g/mol. The first-order valence-electron chi connectivity index (χ1n) is 8.01. The summed E-state index contributed by atoms with van der Waals surface area (Å²) >= 11 is 0. The highest BCUT2D eigenvalue weighted by Crippen LogP contribution is 2.22. The number of carbonyl (C=O) groups is 2. The number of rotatable bonds is 8. The van der Waals surface area contributed by atoms with Gasteiger partial charge in [-0.25, -0.2) is 0 Å². The van der Waals surface area contributed by atoms with Crippen LogP contribution in [0.3, 0.4) is 0 Å². The maximum atomic E-state index is 11.9.